The number of nitrogens with one attached hydrogen (secondary N) is 1. The molecular formula is C16H29N3OS. The molecule has 5 heteroatoms. The molecule has 0 spiro atoms. The molecule has 0 unspecified atom stereocenters. The average molecular weight is 311 g/mol. The number of hydrogen-bond donors (Lipinski definition) is 1. The molecule has 0 amide bonds. The van der Waals surface area contributed by atoms with Crippen LogP contribution in [0.4, 0.5) is 5.13 Å². The first-order valence-electron chi connectivity index (χ1n) is 8.10. The Balaban J connectivity index is 2.03. The summed E-state index contributed by atoms with van der Waals surface area (Å²) >= 11 is 1.86. The van der Waals surface area contributed by atoms with Gasteiger partial charge in [0.25, 0.3) is 0 Å². The third kappa shape index (κ3) is 4.94. The van der Waals surface area contributed by atoms with Crippen LogP contribution in [0.1, 0.15) is 44.2 Å². The number of aromatic nitrogens is 1. The Morgan fingerprint density at radius 2 is 2.19 bits per heavy atom. The average Bonchev–Trinajstić information content (AvgIpc) is 3.20. The van der Waals surface area contributed by atoms with Gasteiger partial charge in [-0.05, 0) is 31.7 Å². The summed E-state index contributed by atoms with van der Waals surface area (Å²) in [6.45, 7) is 10.4. The Kier molecular flexibility index (Phi) is 6.45. The molecule has 0 saturated heterocycles. The van der Waals surface area contributed by atoms with Gasteiger partial charge in [0, 0.05) is 31.1 Å². The molecule has 0 aromatic carbocycles. The molecule has 0 radical (unpaired) electrons. The van der Waals surface area contributed by atoms with Crippen molar-refractivity contribution in [1.29, 1.82) is 0 Å². The fourth-order valence-corrected chi connectivity index (χ4v) is 3.61. The summed E-state index contributed by atoms with van der Waals surface area (Å²) in [4.78, 5) is 8.73. The van der Waals surface area contributed by atoms with Crippen LogP contribution in [0.5, 0.6) is 0 Å². The normalized spacial score (nSPS) is 14.9. The molecule has 2 rings (SSSR count). The summed E-state index contributed by atoms with van der Waals surface area (Å²) in [6, 6.07) is 0.687. The first kappa shape index (κ1) is 16.7. The van der Waals surface area contributed by atoms with Crippen molar-refractivity contribution in [2.45, 2.75) is 52.6 Å². The fourth-order valence-electron chi connectivity index (χ4n) is 2.39. The third-order valence-corrected chi connectivity index (χ3v) is 4.84. The van der Waals surface area contributed by atoms with Crippen molar-refractivity contribution in [2.24, 2.45) is 5.92 Å². The minimum Gasteiger partial charge on any atom is -0.383 e. The number of thiazole rings is 1. The Morgan fingerprint density at radius 1 is 1.43 bits per heavy atom. The predicted molar refractivity (Wildman–Crippen MR) is 90.3 cm³/mol. The van der Waals surface area contributed by atoms with Crippen LogP contribution in [0, 0.1) is 5.92 Å². The SMILES string of the molecule is CCc1nc(N(CCOC)C2CC2)sc1CNCC(C)C. The molecule has 1 aromatic rings. The van der Waals surface area contributed by atoms with Crippen LogP contribution in [0.15, 0.2) is 0 Å². The van der Waals surface area contributed by atoms with E-state index in [0.29, 0.717) is 12.0 Å². The van der Waals surface area contributed by atoms with E-state index in [2.05, 4.69) is 31.0 Å². The smallest absolute Gasteiger partial charge is 0.186 e. The molecule has 1 aliphatic carbocycles. The molecule has 1 aliphatic rings. The van der Waals surface area contributed by atoms with Gasteiger partial charge in [-0.1, -0.05) is 20.8 Å². The quantitative estimate of drug-likeness (QED) is 0.720. The zero-order valence-electron chi connectivity index (χ0n) is 13.8. The van der Waals surface area contributed by atoms with Gasteiger partial charge in [-0.3, -0.25) is 0 Å². The lowest BCUT2D eigenvalue weighted by Gasteiger charge is -2.20. The van der Waals surface area contributed by atoms with Crippen LogP contribution < -0.4 is 10.2 Å². The van der Waals surface area contributed by atoms with Crippen molar-refractivity contribution in [1.82, 2.24) is 10.3 Å². The van der Waals surface area contributed by atoms with Crippen molar-refractivity contribution < 1.29 is 4.74 Å². The van der Waals surface area contributed by atoms with Gasteiger partial charge in [0.15, 0.2) is 5.13 Å². The zero-order valence-corrected chi connectivity index (χ0v) is 14.6. The van der Waals surface area contributed by atoms with E-state index in [-0.39, 0.29) is 0 Å². The van der Waals surface area contributed by atoms with Crippen LogP contribution in [0.25, 0.3) is 0 Å². The summed E-state index contributed by atoms with van der Waals surface area (Å²) in [5, 5.41) is 4.73. The lowest BCUT2D eigenvalue weighted by atomic mass is 10.2. The van der Waals surface area contributed by atoms with Gasteiger partial charge >= 0.3 is 0 Å². The van der Waals surface area contributed by atoms with Crippen LogP contribution >= 0.6 is 11.3 Å². The van der Waals surface area contributed by atoms with Crippen LogP contribution in [-0.4, -0.2) is 37.8 Å². The van der Waals surface area contributed by atoms with Crippen molar-refractivity contribution in [2.75, 3.05) is 31.7 Å². The molecule has 120 valence electrons. The molecule has 0 atom stereocenters. The summed E-state index contributed by atoms with van der Waals surface area (Å²) in [5.41, 5.74) is 1.26. The Labute approximate surface area is 132 Å². The number of hydrogen-bond acceptors (Lipinski definition) is 5. The van der Waals surface area contributed by atoms with E-state index >= 15 is 0 Å². The van der Waals surface area contributed by atoms with E-state index in [9.17, 15) is 0 Å². The summed E-state index contributed by atoms with van der Waals surface area (Å²) in [7, 11) is 1.77. The van der Waals surface area contributed by atoms with Gasteiger partial charge in [-0.15, -0.1) is 11.3 Å². The Hall–Kier alpha value is -0.650. The van der Waals surface area contributed by atoms with Gasteiger partial charge in [-0.25, -0.2) is 4.98 Å². The molecule has 0 aliphatic heterocycles. The van der Waals surface area contributed by atoms with Crippen LogP contribution in [0.3, 0.4) is 0 Å². The molecule has 21 heavy (non-hydrogen) atoms. The molecule has 1 saturated carbocycles. The maximum absolute atomic E-state index is 5.25. The molecule has 1 aromatic heterocycles. The second kappa shape index (κ2) is 8.11. The van der Waals surface area contributed by atoms with Gasteiger partial charge in [0.1, 0.15) is 0 Å². The van der Waals surface area contributed by atoms with E-state index in [1.165, 1.54) is 28.5 Å². The Morgan fingerprint density at radius 3 is 2.76 bits per heavy atom. The van der Waals surface area contributed by atoms with E-state index in [1.54, 1.807) is 7.11 Å². The highest BCUT2D eigenvalue weighted by Crippen LogP contribution is 2.35. The highest BCUT2D eigenvalue weighted by atomic mass is 32.1. The largest absolute Gasteiger partial charge is 0.383 e. The van der Waals surface area contributed by atoms with Gasteiger partial charge in [-0.2, -0.15) is 0 Å². The number of methoxy groups -OCH3 is 1. The maximum atomic E-state index is 5.25. The van der Waals surface area contributed by atoms with E-state index in [0.717, 1.165) is 32.7 Å². The summed E-state index contributed by atoms with van der Waals surface area (Å²) < 4.78 is 5.25. The standard InChI is InChI=1S/C16H29N3OS/c1-5-14-15(11-17-10-12(2)3)21-16(18-14)19(8-9-20-4)13-6-7-13/h12-13,17H,5-11H2,1-4H3. The van der Waals surface area contributed by atoms with Crippen LogP contribution in [0.2, 0.25) is 0 Å². The molecule has 4 nitrogen and oxygen atoms in total. The van der Waals surface area contributed by atoms with Crippen molar-refractivity contribution in [3.05, 3.63) is 10.6 Å². The number of anilines is 1. The first-order valence-corrected chi connectivity index (χ1v) is 8.92. The number of nitrogens with zero attached hydrogens (tertiary/aromatic N) is 2. The Bertz CT molecular complexity index is 429. The predicted octanol–water partition coefficient (Wildman–Crippen LogP) is 3.07. The summed E-state index contributed by atoms with van der Waals surface area (Å²) in [5.74, 6) is 0.687. The minimum atomic E-state index is 0.687. The van der Waals surface area contributed by atoms with Crippen LogP contribution in [-0.2, 0) is 17.7 Å². The molecular weight excluding hydrogens is 282 g/mol. The van der Waals surface area contributed by atoms with Crippen molar-refractivity contribution in [3.8, 4) is 0 Å². The highest BCUT2D eigenvalue weighted by Gasteiger charge is 2.31. The second-order valence-corrected chi connectivity index (χ2v) is 7.22. The fraction of sp³-hybridized carbons (Fsp3) is 0.812. The van der Waals surface area contributed by atoms with Gasteiger partial charge in [0.2, 0.25) is 0 Å². The zero-order chi connectivity index (χ0) is 15.2. The monoisotopic (exact) mass is 311 g/mol. The topological polar surface area (TPSA) is 37.4 Å². The first-order chi connectivity index (χ1) is 10.2. The highest BCUT2D eigenvalue weighted by molar-refractivity contribution is 7.15. The maximum Gasteiger partial charge on any atom is 0.186 e. The minimum absolute atomic E-state index is 0.687. The second-order valence-electron chi connectivity index (χ2n) is 6.16. The van der Waals surface area contributed by atoms with Crippen molar-refractivity contribution in [3.63, 3.8) is 0 Å². The van der Waals surface area contributed by atoms with E-state index in [1.807, 2.05) is 11.3 Å². The number of rotatable bonds is 10. The van der Waals surface area contributed by atoms with Gasteiger partial charge < -0.3 is 15.0 Å². The summed E-state index contributed by atoms with van der Waals surface area (Å²) in [6.07, 6.45) is 3.61. The lowest BCUT2D eigenvalue weighted by molar-refractivity contribution is 0.205. The molecule has 1 heterocycles. The third-order valence-electron chi connectivity index (χ3n) is 3.71. The lowest BCUT2D eigenvalue weighted by Crippen LogP contribution is -2.29. The van der Waals surface area contributed by atoms with E-state index in [4.69, 9.17) is 9.72 Å². The molecule has 1 N–H and O–H groups in total. The van der Waals surface area contributed by atoms with Crippen molar-refractivity contribution >= 4 is 16.5 Å². The molecule has 0 bridgehead atoms. The number of ether oxygens (including phenoxy) is 1. The molecule has 1 fully saturated rings. The van der Waals surface area contributed by atoms with Gasteiger partial charge in [0.05, 0.1) is 12.3 Å². The number of aryl methyl sites for hydroxylation is 1. The van der Waals surface area contributed by atoms with E-state index < -0.39 is 0 Å².